The predicted octanol–water partition coefficient (Wildman–Crippen LogP) is 1.08. The van der Waals surface area contributed by atoms with Crippen LogP contribution in [0.5, 0.6) is 0 Å². The molecule has 1 heterocycles. The van der Waals surface area contributed by atoms with Gasteiger partial charge in [0, 0.05) is 19.0 Å². The second-order valence-electron chi connectivity index (χ2n) is 4.33. The lowest BCUT2D eigenvalue weighted by atomic mass is 10.1. The number of fused-ring (bicyclic) bond motifs is 1. The minimum atomic E-state index is -0.137. The fourth-order valence-electron chi connectivity index (χ4n) is 1.67. The lowest BCUT2D eigenvalue weighted by Gasteiger charge is -2.09. The summed E-state index contributed by atoms with van der Waals surface area (Å²) < 4.78 is 5.23. The summed E-state index contributed by atoms with van der Waals surface area (Å²) in [4.78, 5) is 15.6. The highest BCUT2D eigenvalue weighted by Gasteiger charge is 2.09. The fourth-order valence-corrected chi connectivity index (χ4v) is 1.67. The monoisotopic (exact) mass is 247 g/mol. The number of benzene rings is 1. The first-order valence-electron chi connectivity index (χ1n) is 6.00. The van der Waals surface area contributed by atoms with Gasteiger partial charge in [-0.2, -0.15) is 0 Å². The van der Waals surface area contributed by atoms with Gasteiger partial charge in [0.1, 0.15) is 5.52 Å². The summed E-state index contributed by atoms with van der Waals surface area (Å²) in [5.41, 5.74) is 8.16. The van der Waals surface area contributed by atoms with E-state index in [1.807, 2.05) is 25.1 Å². The zero-order chi connectivity index (χ0) is 13.0. The number of carbonyl (C=O) groups excluding carboxylic acids is 1. The fraction of sp³-hybridized carbons (Fsp3) is 0.385. The van der Waals surface area contributed by atoms with E-state index in [0.29, 0.717) is 13.1 Å². The molecule has 1 unspecified atom stereocenters. The van der Waals surface area contributed by atoms with Gasteiger partial charge in [-0.15, -0.1) is 0 Å². The second kappa shape index (κ2) is 5.64. The van der Waals surface area contributed by atoms with E-state index in [1.165, 1.54) is 6.39 Å². The molecule has 0 saturated carbocycles. The van der Waals surface area contributed by atoms with Crippen LogP contribution in [0.25, 0.3) is 11.1 Å². The highest BCUT2D eigenvalue weighted by atomic mass is 16.3. The third kappa shape index (κ3) is 2.87. The smallest absolute Gasteiger partial charge is 0.224 e. The van der Waals surface area contributed by atoms with E-state index in [0.717, 1.165) is 23.1 Å². The van der Waals surface area contributed by atoms with E-state index in [1.54, 1.807) is 0 Å². The van der Waals surface area contributed by atoms with Crippen LogP contribution in [-0.2, 0) is 11.2 Å². The van der Waals surface area contributed by atoms with Gasteiger partial charge in [0.05, 0.1) is 0 Å². The van der Waals surface area contributed by atoms with E-state index >= 15 is 0 Å². The van der Waals surface area contributed by atoms with Crippen molar-refractivity contribution in [1.29, 1.82) is 0 Å². The van der Waals surface area contributed by atoms with Crippen molar-refractivity contribution in [2.24, 2.45) is 11.7 Å². The minimum Gasteiger partial charge on any atom is -0.443 e. The number of carbonyl (C=O) groups is 1. The molecule has 0 aliphatic carbocycles. The molecule has 96 valence electrons. The first kappa shape index (κ1) is 12.6. The van der Waals surface area contributed by atoms with Gasteiger partial charge in [-0.25, -0.2) is 4.98 Å². The largest absolute Gasteiger partial charge is 0.443 e. The number of amides is 1. The molecule has 0 radical (unpaired) electrons. The van der Waals surface area contributed by atoms with Gasteiger partial charge in [0.15, 0.2) is 12.0 Å². The van der Waals surface area contributed by atoms with Gasteiger partial charge >= 0.3 is 0 Å². The van der Waals surface area contributed by atoms with Gasteiger partial charge in [-0.1, -0.05) is 13.0 Å². The number of nitrogens with two attached hydrogens (primary N) is 1. The molecule has 5 nitrogen and oxygen atoms in total. The van der Waals surface area contributed by atoms with Gasteiger partial charge in [0.2, 0.25) is 5.91 Å². The van der Waals surface area contributed by atoms with E-state index in [-0.39, 0.29) is 11.8 Å². The average molecular weight is 247 g/mol. The summed E-state index contributed by atoms with van der Waals surface area (Å²) in [6, 6.07) is 5.85. The molecule has 5 heteroatoms. The Kier molecular flexibility index (Phi) is 3.94. The summed E-state index contributed by atoms with van der Waals surface area (Å²) in [5.74, 6) is -0.139. The lowest BCUT2D eigenvalue weighted by Crippen LogP contribution is -2.34. The van der Waals surface area contributed by atoms with Gasteiger partial charge < -0.3 is 15.5 Å². The normalized spacial score (nSPS) is 12.6. The van der Waals surface area contributed by atoms with Crippen LogP contribution in [0, 0.1) is 5.92 Å². The Labute approximate surface area is 105 Å². The molecule has 0 saturated heterocycles. The number of hydrogen-bond acceptors (Lipinski definition) is 4. The van der Waals surface area contributed by atoms with Crippen molar-refractivity contribution in [1.82, 2.24) is 10.3 Å². The Morgan fingerprint density at radius 3 is 3.17 bits per heavy atom. The van der Waals surface area contributed by atoms with Gasteiger partial charge in [-0.05, 0) is 24.1 Å². The van der Waals surface area contributed by atoms with Crippen molar-refractivity contribution in [3.05, 3.63) is 30.2 Å². The molecule has 0 bridgehead atoms. The third-order valence-electron chi connectivity index (χ3n) is 2.91. The van der Waals surface area contributed by atoms with Crippen LogP contribution in [0.4, 0.5) is 0 Å². The maximum Gasteiger partial charge on any atom is 0.224 e. The molecule has 18 heavy (non-hydrogen) atoms. The number of oxazole rings is 1. The highest BCUT2D eigenvalue weighted by molar-refractivity contribution is 5.78. The molecular formula is C13H17N3O2. The molecule has 2 rings (SSSR count). The van der Waals surface area contributed by atoms with Crippen LogP contribution < -0.4 is 11.1 Å². The van der Waals surface area contributed by atoms with Crippen molar-refractivity contribution in [3.8, 4) is 0 Å². The second-order valence-corrected chi connectivity index (χ2v) is 4.33. The van der Waals surface area contributed by atoms with E-state index in [9.17, 15) is 4.79 Å². The standard InChI is InChI=1S/C13H17N3O2/c1-9(7-14)13(17)15-5-4-10-2-3-11-12(6-10)18-8-16-11/h2-3,6,8-9H,4-5,7,14H2,1H3,(H,15,17). The quantitative estimate of drug-likeness (QED) is 0.828. The minimum absolute atomic E-state index is 0.00163. The SMILES string of the molecule is CC(CN)C(=O)NCCc1ccc2ncoc2c1. The number of nitrogens with zero attached hydrogens (tertiary/aromatic N) is 1. The molecule has 2 aromatic rings. The number of aromatic nitrogens is 1. The van der Waals surface area contributed by atoms with Gasteiger partial charge in [-0.3, -0.25) is 4.79 Å². The van der Waals surface area contributed by atoms with E-state index < -0.39 is 0 Å². The van der Waals surface area contributed by atoms with Crippen molar-refractivity contribution in [2.75, 3.05) is 13.1 Å². The summed E-state index contributed by atoms with van der Waals surface area (Å²) in [7, 11) is 0. The topological polar surface area (TPSA) is 81.2 Å². The number of rotatable bonds is 5. The van der Waals surface area contributed by atoms with Crippen molar-refractivity contribution >= 4 is 17.0 Å². The highest BCUT2D eigenvalue weighted by Crippen LogP contribution is 2.14. The van der Waals surface area contributed by atoms with Crippen molar-refractivity contribution < 1.29 is 9.21 Å². The first-order chi connectivity index (χ1) is 8.70. The van der Waals surface area contributed by atoms with E-state index in [2.05, 4.69) is 10.3 Å². The predicted molar refractivity (Wildman–Crippen MR) is 68.9 cm³/mol. The Balaban J connectivity index is 1.88. The molecular weight excluding hydrogens is 230 g/mol. The molecule has 0 fully saturated rings. The van der Waals surface area contributed by atoms with Crippen LogP contribution in [0.2, 0.25) is 0 Å². The Bertz CT molecular complexity index is 536. The van der Waals surface area contributed by atoms with Crippen molar-refractivity contribution in [3.63, 3.8) is 0 Å². The van der Waals surface area contributed by atoms with Crippen LogP contribution in [-0.4, -0.2) is 24.0 Å². The molecule has 0 aliphatic heterocycles. The number of nitrogens with one attached hydrogen (secondary N) is 1. The molecule has 1 aromatic heterocycles. The van der Waals surface area contributed by atoms with Gasteiger partial charge in [0.25, 0.3) is 0 Å². The van der Waals surface area contributed by atoms with Crippen LogP contribution in [0.15, 0.2) is 29.0 Å². The molecule has 1 atom stereocenters. The third-order valence-corrected chi connectivity index (χ3v) is 2.91. The Morgan fingerprint density at radius 2 is 2.39 bits per heavy atom. The zero-order valence-electron chi connectivity index (χ0n) is 10.3. The summed E-state index contributed by atoms with van der Waals surface area (Å²) in [5, 5.41) is 2.86. The van der Waals surface area contributed by atoms with Crippen LogP contribution in [0.3, 0.4) is 0 Å². The van der Waals surface area contributed by atoms with Crippen LogP contribution in [0.1, 0.15) is 12.5 Å². The molecule has 3 N–H and O–H groups in total. The number of hydrogen-bond donors (Lipinski definition) is 2. The molecule has 1 aromatic carbocycles. The zero-order valence-corrected chi connectivity index (χ0v) is 10.3. The molecule has 0 aliphatic rings. The Morgan fingerprint density at radius 1 is 1.56 bits per heavy atom. The molecule has 0 spiro atoms. The maximum absolute atomic E-state index is 11.5. The van der Waals surface area contributed by atoms with E-state index in [4.69, 9.17) is 10.2 Å². The summed E-state index contributed by atoms with van der Waals surface area (Å²) in [6.45, 7) is 2.79. The summed E-state index contributed by atoms with van der Waals surface area (Å²) >= 11 is 0. The van der Waals surface area contributed by atoms with Crippen LogP contribution >= 0.6 is 0 Å². The van der Waals surface area contributed by atoms with Crippen molar-refractivity contribution in [2.45, 2.75) is 13.3 Å². The Hall–Kier alpha value is -1.88. The average Bonchev–Trinajstić information content (AvgIpc) is 2.85. The summed E-state index contributed by atoms with van der Waals surface area (Å²) in [6.07, 6.45) is 2.19. The lowest BCUT2D eigenvalue weighted by molar-refractivity contribution is -0.124. The maximum atomic E-state index is 11.5. The molecule has 1 amide bonds. The first-order valence-corrected chi connectivity index (χ1v) is 6.00.